The van der Waals surface area contributed by atoms with Crippen molar-refractivity contribution in [2.75, 3.05) is 13.1 Å². The van der Waals surface area contributed by atoms with Crippen molar-refractivity contribution in [3.05, 3.63) is 11.9 Å². The van der Waals surface area contributed by atoms with E-state index in [-0.39, 0.29) is 11.4 Å². The maximum atomic E-state index is 11.5. The highest BCUT2D eigenvalue weighted by Crippen LogP contribution is 2.09. The van der Waals surface area contributed by atoms with Gasteiger partial charge >= 0.3 is 0 Å². The zero-order chi connectivity index (χ0) is 9.31. The molecule has 1 fully saturated rings. The maximum absolute atomic E-state index is 11.5. The van der Waals surface area contributed by atoms with E-state index in [9.17, 15) is 4.79 Å². The number of carbonyl (C=O) groups is 1. The monoisotopic (exact) mass is 181 g/mol. The van der Waals surface area contributed by atoms with Gasteiger partial charge in [-0.2, -0.15) is 15.4 Å². The van der Waals surface area contributed by atoms with Crippen LogP contribution in [0.4, 0.5) is 0 Å². The molecule has 6 nitrogen and oxygen atoms in total. The van der Waals surface area contributed by atoms with E-state index in [1.54, 1.807) is 0 Å². The third-order valence-electron chi connectivity index (χ3n) is 2.09. The van der Waals surface area contributed by atoms with Crippen LogP contribution in [0.1, 0.15) is 17.4 Å². The van der Waals surface area contributed by atoms with Crippen LogP contribution in [-0.2, 0) is 0 Å². The van der Waals surface area contributed by atoms with E-state index in [0.29, 0.717) is 5.69 Å². The second kappa shape index (κ2) is 2.81. The minimum atomic E-state index is -0.183. The maximum Gasteiger partial charge on any atom is 0.273 e. The number of hydrogen-bond donors (Lipinski definition) is 3. The van der Waals surface area contributed by atoms with Crippen LogP contribution in [0.15, 0.2) is 6.20 Å². The third-order valence-corrected chi connectivity index (χ3v) is 2.09. The Kier molecular flexibility index (Phi) is 1.77. The van der Waals surface area contributed by atoms with Crippen LogP contribution >= 0.6 is 0 Å². The summed E-state index contributed by atoms with van der Waals surface area (Å²) in [6, 6.07) is 0. The van der Waals surface area contributed by atoms with Crippen molar-refractivity contribution in [2.24, 2.45) is 0 Å². The Morgan fingerprint density at radius 2 is 2.46 bits per heavy atom. The normalized spacial score (nSPS) is 19.2. The summed E-state index contributed by atoms with van der Waals surface area (Å²) in [4.78, 5) is 11.5. The predicted molar refractivity (Wildman–Crippen MR) is 45.1 cm³/mol. The van der Waals surface area contributed by atoms with Gasteiger partial charge in [-0.05, 0) is 6.92 Å². The first kappa shape index (κ1) is 8.18. The summed E-state index contributed by atoms with van der Waals surface area (Å²) in [5.41, 5.74) is 0.198. The highest BCUT2D eigenvalue weighted by Gasteiger charge is 2.33. The van der Waals surface area contributed by atoms with Crippen LogP contribution in [0.5, 0.6) is 0 Å². The average Bonchev–Trinajstić information content (AvgIpc) is 2.53. The SMILES string of the molecule is CC1(NC(=O)c2cn[nH]n2)CNC1. The van der Waals surface area contributed by atoms with Gasteiger partial charge in [-0.3, -0.25) is 4.79 Å². The lowest BCUT2D eigenvalue weighted by Gasteiger charge is -2.39. The molecule has 1 aliphatic rings. The fourth-order valence-electron chi connectivity index (χ4n) is 1.24. The molecule has 3 N–H and O–H groups in total. The molecule has 1 amide bonds. The molecule has 0 unspecified atom stereocenters. The molecule has 2 rings (SSSR count). The minimum absolute atomic E-state index is 0.129. The first-order valence-electron chi connectivity index (χ1n) is 4.09. The van der Waals surface area contributed by atoms with Gasteiger partial charge in [-0.25, -0.2) is 0 Å². The van der Waals surface area contributed by atoms with Crippen LogP contribution in [-0.4, -0.2) is 39.9 Å². The number of nitrogens with zero attached hydrogens (tertiary/aromatic N) is 2. The van der Waals surface area contributed by atoms with E-state index >= 15 is 0 Å². The number of H-pyrrole nitrogens is 1. The van der Waals surface area contributed by atoms with Gasteiger partial charge in [0.25, 0.3) is 5.91 Å². The summed E-state index contributed by atoms with van der Waals surface area (Å²) in [5.74, 6) is -0.183. The second-order valence-electron chi connectivity index (χ2n) is 3.47. The highest BCUT2D eigenvalue weighted by atomic mass is 16.2. The smallest absolute Gasteiger partial charge is 0.273 e. The summed E-state index contributed by atoms with van der Waals surface area (Å²) < 4.78 is 0. The Bertz CT molecular complexity index is 303. The Morgan fingerprint density at radius 1 is 1.69 bits per heavy atom. The predicted octanol–water partition coefficient (Wildman–Crippen LogP) is -1.10. The minimum Gasteiger partial charge on any atom is -0.343 e. The molecule has 0 aromatic carbocycles. The number of hydrogen-bond acceptors (Lipinski definition) is 4. The van der Waals surface area contributed by atoms with Gasteiger partial charge in [-0.1, -0.05) is 0 Å². The van der Waals surface area contributed by atoms with Crippen molar-refractivity contribution in [3.63, 3.8) is 0 Å². The Balaban J connectivity index is 1.99. The standard InChI is InChI=1S/C7H11N5O/c1-7(3-8-4-7)10-6(13)5-2-9-12-11-5/h2,8H,3-4H2,1H3,(H,10,13)(H,9,11,12). The van der Waals surface area contributed by atoms with Crippen molar-refractivity contribution in [3.8, 4) is 0 Å². The molecule has 0 bridgehead atoms. The molecule has 1 aromatic heterocycles. The molecule has 0 aliphatic carbocycles. The van der Waals surface area contributed by atoms with Crippen molar-refractivity contribution in [1.29, 1.82) is 0 Å². The van der Waals surface area contributed by atoms with Gasteiger partial charge in [0.2, 0.25) is 0 Å². The van der Waals surface area contributed by atoms with E-state index in [2.05, 4.69) is 26.0 Å². The van der Waals surface area contributed by atoms with E-state index in [1.807, 2.05) is 6.92 Å². The number of carbonyl (C=O) groups excluding carboxylic acids is 1. The van der Waals surface area contributed by atoms with Crippen LogP contribution in [0.3, 0.4) is 0 Å². The fourth-order valence-corrected chi connectivity index (χ4v) is 1.24. The number of aromatic amines is 1. The van der Waals surface area contributed by atoms with E-state index < -0.39 is 0 Å². The molecule has 1 aliphatic heterocycles. The molecule has 0 atom stereocenters. The molecule has 2 heterocycles. The van der Waals surface area contributed by atoms with E-state index in [4.69, 9.17) is 0 Å². The Hall–Kier alpha value is -1.43. The van der Waals surface area contributed by atoms with Gasteiger partial charge in [0.05, 0.1) is 11.7 Å². The topological polar surface area (TPSA) is 82.7 Å². The first-order chi connectivity index (χ1) is 6.20. The van der Waals surface area contributed by atoms with Gasteiger partial charge in [0.1, 0.15) is 0 Å². The highest BCUT2D eigenvalue weighted by molar-refractivity contribution is 5.92. The lowest BCUT2D eigenvalue weighted by molar-refractivity contribution is 0.0867. The van der Waals surface area contributed by atoms with Gasteiger partial charge in [0, 0.05) is 13.1 Å². The van der Waals surface area contributed by atoms with Crippen LogP contribution in [0.25, 0.3) is 0 Å². The first-order valence-corrected chi connectivity index (χ1v) is 4.09. The van der Waals surface area contributed by atoms with Gasteiger partial charge < -0.3 is 10.6 Å². The van der Waals surface area contributed by atoms with Crippen LogP contribution in [0, 0.1) is 0 Å². The molecule has 0 spiro atoms. The lowest BCUT2D eigenvalue weighted by atomic mass is 9.95. The van der Waals surface area contributed by atoms with Crippen molar-refractivity contribution in [1.82, 2.24) is 26.0 Å². The summed E-state index contributed by atoms with van der Waals surface area (Å²) >= 11 is 0. The number of amides is 1. The molecule has 1 aromatic rings. The lowest BCUT2D eigenvalue weighted by Crippen LogP contribution is -2.67. The molecule has 6 heteroatoms. The molecular formula is C7H11N5O. The molecule has 13 heavy (non-hydrogen) atoms. The van der Waals surface area contributed by atoms with E-state index in [0.717, 1.165) is 13.1 Å². The van der Waals surface area contributed by atoms with Gasteiger partial charge in [-0.15, -0.1) is 0 Å². The van der Waals surface area contributed by atoms with Crippen LogP contribution < -0.4 is 10.6 Å². The van der Waals surface area contributed by atoms with E-state index in [1.165, 1.54) is 6.20 Å². The van der Waals surface area contributed by atoms with Crippen LogP contribution in [0.2, 0.25) is 0 Å². The van der Waals surface area contributed by atoms with Gasteiger partial charge in [0.15, 0.2) is 5.69 Å². The summed E-state index contributed by atoms with van der Waals surface area (Å²) in [5, 5.41) is 15.6. The van der Waals surface area contributed by atoms with Crippen molar-refractivity contribution < 1.29 is 4.79 Å². The summed E-state index contributed by atoms with van der Waals surface area (Å²) in [6.07, 6.45) is 1.41. The Morgan fingerprint density at radius 3 is 2.92 bits per heavy atom. The largest absolute Gasteiger partial charge is 0.343 e. The molecule has 0 radical (unpaired) electrons. The second-order valence-corrected chi connectivity index (χ2v) is 3.47. The summed E-state index contributed by atoms with van der Waals surface area (Å²) in [7, 11) is 0. The molecule has 70 valence electrons. The van der Waals surface area contributed by atoms with Crippen molar-refractivity contribution in [2.45, 2.75) is 12.5 Å². The fraction of sp³-hybridized carbons (Fsp3) is 0.571. The molecular weight excluding hydrogens is 170 g/mol. The number of nitrogens with one attached hydrogen (secondary N) is 3. The number of aromatic nitrogens is 3. The molecule has 1 saturated heterocycles. The zero-order valence-electron chi connectivity index (χ0n) is 7.29. The summed E-state index contributed by atoms with van der Waals surface area (Å²) in [6.45, 7) is 3.59. The number of rotatable bonds is 2. The van der Waals surface area contributed by atoms with Crippen molar-refractivity contribution >= 4 is 5.91 Å². The zero-order valence-corrected chi connectivity index (χ0v) is 7.29. The third kappa shape index (κ3) is 1.52. The Labute approximate surface area is 75.1 Å². The quantitative estimate of drug-likeness (QED) is 0.540. The molecule has 0 saturated carbocycles. The average molecular weight is 181 g/mol.